The van der Waals surface area contributed by atoms with Crippen LogP contribution >= 0.6 is 0 Å². The van der Waals surface area contributed by atoms with Gasteiger partial charge in [-0.15, -0.1) is 0 Å². The van der Waals surface area contributed by atoms with Gasteiger partial charge in [0.15, 0.2) is 0 Å². The first-order valence-electron chi connectivity index (χ1n) is 10.6. The summed E-state index contributed by atoms with van der Waals surface area (Å²) in [4.78, 5) is 12.7. The van der Waals surface area contributed by atoms with Crippen molar-refractivity contribution in [2.45, 2.75) is 52.5 Å². The number of carbonyl (C=O) groups is 1. The number of rotatable bonds is 6. The minimum Gasteiger partial charge on any atom is -0.493 e. The predicted octanol–water partition coefficient (Wildman–Crippen LogP) is 5.48. The van der Waals surface area contributed by atoms with Crippen LogP contribution < -0.4 is 10.1 Å². The number of hydrogen-bond donors (Lipinski definition) is 1. The molecular formula is C25H30N2O2. The maximum absolute atomic E-state index is 12.7. The fourth-order valence-electron chi connectivity index (χ4n) is 3.88. The van der Waals surface area contributed by atoms with E-state index >= 15 is 0 Å². The van der Waals surface area contributed by atoms with Crippen LogP contribution in [-0.4, -0.2) is 18.6 Å². The molecule has 0 saturated heterocycles. The van der Waals surface area contributed by atoms with Crippen LogP contribution in [0.25, 0.3) is 16.8 Å². The lowest BCUT2D eigenvalue weighted by atomic mass is 9.86. The summed E-state index contributed by atoms with van der Waals surface area (Å²) in [5, 5.41) is 14.7. The van der Waals surface area contributed by atoms with Gasteiger partial charge in [-0.05, 0) is 47.8 Å². The first kappa shape index (κ1) is 20.9. The van der Waals surface area contributed by atoms with Crippen LogP contribution in [0.3, 0.4) is 0 Å². The summed E-state index contributed by atoms with van der Waals surface area (Å²) in [6.45, 7) is 7.04. The molecule has 2 aromatic carbocycles. The highest BCUT2D eigenvalue weighted by atomic mass is 16.5. The van der Waals surface area contributed by atoms with Gasteiger partial charge in [-0.2, -0.15) is 5.26 Å². The summed E-state index contributed by atoms with van der Waals surface area (Å²) in [5.41, 5.74) is 0.990. The summed E-state index contributed by atoms with van der Waals surface area (Å²) >= 11 is 0. The van der Waals surface area contributed by atoms with E-state index in [-0.39, 0.29) is 17.5 Å². The van der Waals surface area contributed by atoms with Gasteiger partial charge in [0.1, 0.15) is 17.4 Å². The lowest BCUT2D eigenvalue weighted by Crippen LogP contribution is -2.41. The molecule has 152 valence electrons. The van der Waals surface area contributed by atoms with Crippen molar-refractivity contribution in [3.8, 4) is 11.8 Å². The summed E-state index contributed by atoms with van der Waals surface area (Å²) in [5.74, 6) is 1.43. The fraction of sp³-hybridized carbons (Fsp3) is 0.440. The Morgan fingerprint density at radius 1 is 1.21 bits per heavy atom. The Kier molecular flexibility index (Phi) is 6.93. The number of nitrogens with one attached hydrogen (secondary N) is 1. The summed E-state index contributed by atoms with van der Waals surface area (Å²) in [6, 6.07) is 14.0. The average molecular weight is 391 g/mol. The lowest BCUT2D eigenvalue weighted by molar-refractivity contribution is -0.118. The summed E-state index contributed by atoms with van der Waals surface area (Å²) in [6.07, 6.45) is 6.14. The van der Waals surface area contributed by atoms with E-state index in [1.54, 1.807) is 6.08 Å². The molecule has 3 rings (SSSR count). The molecule has 29 heavy (non-hydrogen) atoms. The number of fused-ring (bicyclic) bond motifs is 1. The summed E-state index contributed by atoms with van der Waals surface area (Å²) < 4.78 is 5.96. The van der Waals surface area contributed by atoms with E-state index in [9.17, 15) is 10.1 Å². The maximum Gasteiger partial charge on any atom is 0.262 e. The van der Waals surface area contributed by atoms with E-state index in [0.717, 1.165) is 41.3 Å². The number of ether oxygens (including phenoxy) is 1. The smallest absolute Gasteiger partial charge is 0.262 e. The van der Waals surface area contributed by atoms with Crippen LogP contribution in [-0.2, 0) is 4.79 Å². The second-order valence-electron chi connectivity index (χ2n) is 8.41. The van der Waals surface area contributed by atoms with Crippen molar-refractivity contribution in [2.75, 3.05) is 6.61 Å². The van der Waals surface area contributed by atoms with Crippen molar-refractivity contribution in [1.82, 2.24) is 5.32 Å². The highest BCUT2D eigenvalue weighted by molar-refractivity contribution is 6.04. The van der Waals surface area contributed by atoms with Crippen LogP contribution in [0.15, 0.2) is 42.0 Å². The number of amides is 1. The summed E-state index contributed by atoms with van der Waals surface area (Å²) in [7, 11) is 0. The van der Waals surface area contributed by atoms with E-state index in [2.05, 4.69) is 32.2 Å². The van der Waals surface area contributed by atoms with Gasteiger partial charge < -0.3 is 10.1 Å². The van der Waals surface area contributed by atoms with Crippen LogP contribution in [0.5, 0.6) is 5.75 Å². The lowest BCUT2D eigenvalue weighted by Gasteiger charge is -2.29. The Balaban J connectivity index is 1.88. The fourth-order valence-corrected chi connectivity index (χ4v) is 3.88. The molecule has 1 N–H and O–H groups in total. The zero-order valence-corrected chi connectivity index (χ0v) is 17.6. The van der Waals surface area contributed by atoms with Crippen LogP contribution in [0, 0.1) is 23.2 Å². The standard InChI is InChI=1S/C25H30N2O2/c1-17(2)16-29-24-13-12-19(21-9-5-6-10-22(21)24)14-20(15-26)25(28)27-23-11-7-4-8-18(23)3/h5-6,9-10,12-14,17-18,23H,4,7-8,11,16H2,1-3H3,(H,27,28)/b20-14+/t18-,23+/m0/s1. The van der Waals surface area contributed by atoms with Crippen molar-refractivity contribution in [2.24, 2.45) is 11.8 Å². The molecule has 1 aliphatic carbocycles. The van der Waals surface area contributed by atoms with Crippen LogP contribution in [0.2, 0.25) is 0 Å². The van der Waals surface area contributed by atoms with Crippen molar-refractivity contribution in [3.63, 3.8) is 0 Å². The van der Waals surface area contributed by atoms with Gasteiger partial charge in [0.2, 0.25) is 0 Å². The van der Waals surface area contributed by atoms with Gasteiger partial charge in [0.25, 0.3) is 5.91 Å². The monoisotopic (exact) mass is 390 g/mol. The molecule has 0 bridgehead atoms. The third kappa shape index (κ3) is 5.17. The van der Waals surface area contributed by atoms with E-state index in [0.29, 0.717) is 18.4 Å². The zero-order chi connectivity index (χ0) is 20.8. The van der Waals surface area contributed by atoms with E-state index in [1.807, 2.05) is 36.4 Å². The highest BCUT2D eigenvalue weighted by Gasteiger charge is 2.24. The molecule has 2 atom stereocenters. The molecule has 1 saturated carbocycles. The van der Waals surface area contributed by atoms with Crippen molar-refractivity contribution in [1.29, 1.82) is 5.26 Å². The number of carbonyl (C=O) groups excluding carboxylic acids is 1. The molecule has 1 aliphatic rings. The molecule has 0 heterocycles. The van der Waals surface area contributed by atoms with Crippen molar-refractivity contribution < 1.29 is 9.53 Å². The first-order valence-corrected chi connectivity index (χ1v) is 10.6. The molecule has 0 spiro atoms. The third-order valence-corrected chi connectivity index (χ3v) is 5.58. The first-order chi connectivity index (χ1) is 14.0. The number of nitrogens with zero attached hydrogens (tertiary/aromatic N) is 1. The third-order valence-electron chi connectivity index (χ3n) is 5.58. The van der Waals surface area contributed by atoms with Gasteiger partial charge in [-0.1, -0.05) is 63.9 Å². The van der Waals surface area contributed by atoms with Gasteiger partial charge >= 0.3 is 0 Å². The Labute approximate surface area is 173 Å². The van der Waals surface area contributed by atoms with E-state index in [4.69, 9.17) is 4.74 Å². The molecule has 0 unspecified atom stereocenters. The molecule has 4 heteroatoms. The van der Waals surface area contributed by atoms with Crippen LogP contribution in [0.1, 0.15) is 52.0 Å². The largest absolute Gasteiger partial charge is 0.493 e. The van der Waals surface area contributed by atoms with Crippen molar-refractivity contribution >= 4 is 22.8 Å². The molecule has 1 fully saturated rings. The number of benzene rings is 2. The SMILES string of the molecule is CC(C)COc1ccc(/C=C(\C#N)C(=O)N[C@@H]2CCCC[C@@H]2C)c2ccccc12. The number of hydrogen-bond acceptors (Lipinski definition) is 3. The minimum absolute atomic E-state index is 0.142. The number of nitriles is 1. The van der Waals surface area contributed by atoms with Gasteiger partial charge in [-0.3, -0.25) is 4.79 Å². The zero-order valence-electron chi connectivity index (χ0n) is 17.6. The molecule has 0 radical (unpaired) electrons. The Morgan fingerprint density at radius 3 is 2.62 bits per heavy atom. The molecule has 4 nitrogen and oxygen atoms in total. The minimum atomic E-state index is -0.282. The van der Waals surface area contributed by atoms with Crippen molar-refractivity contribution in [3.05, 3.63) is 47.5 Å². The maximum atomic E-state index is 12.7. The van der Waals surface area contributed by atoms with Gasteiger partial charge in [0, 0.05) is 11.4 Å². The average Bonchev–Trinajstić information content (AvgIpc) is 2.72. The van der Waals surface area contributed by atoms with Gasteiger partial charge in [-0.25, -0.2) is 0 Å². The second kappa shape index (κ2) is 9.60. The normalized spacial score (nSPS) is 19.8. The molecule has 0 aliphatic heterocycles. The second-order valence-corrected chi connectivity index (χ2v) is 8.41. The van der Waals surface area contributed by atoms with E-state index < -0.39 is 0 Å². The Hall–Kier alpha value is -2.80. The topological polar surface area (TPSA) is 62.1 Å². The van der Waals surface area contributed by atoms with Gasteiger partial charge in [0.05, 0.1) is 6.61 Å². The van der Waals surface area contributed by atoms with Crippen LogP contribution in [0.4, 0.5) is 0 Å². The highest BCUT2D eigenvalue weighted by Crippen LogP contribution is 2.30. The quantitative estimate of drug-likeness (QED) is 0.525. The molecule has 1 amide bonds. The molecule has 2 aromatic rings. The van der Waals surface area contributed by atoms with E-state index in [1.165, 1.54) is 6.42 Å². The predicted molar refractivity (Wildman–Crippen MR) is 117 cm³/mol. The molecule has 0 aromatic heterocycles. The Morgan fingerprint density at radius 2 is 1.93 bits per heavy atom. The Bertz CT molecular complexity index is 939. The molecular weight excluding hydrogens is 360 g/mol.